The van der Waals surface area contributed by atoms with Crippen LogP contribution in [0.5, 0.6) is 0 Å². The van der Waals surface area contributed by atoms with Gasteiger partial charge in [0, 0.05) is 11.5 Å². The highest BCUT2D eigenvalue weighted by atomic mass is 16.4. The van der Waals surface area contributed by atoms with Crippen LogP contribution in [0.2, 0.25) is 0 Å². The van der Waals surface area contributed by atoms with Gasteiger partial charge in [-0.1, -0.05) is 13.8 Å². The van der Waals surface area contributed by atoms with Crippen molar-refractivity contribution in [2.45, 2.75) is 38.7 Å². The first-order chi connectivity index (χ1) is 9.17. The van der Waals surface area contributed by atoms with Gasteiger partial charge in [0.15, 0.2) is 0 Å². The molecule has 0 heterocycles. The number of carbonyl (C=O) groups excluding carboxylic acids is 2. The second-order valence-electron chi connectivity index (χ2n) is 7.35. The number of carboxylic acids is 1. The molecule has 2 N–H and O–H groups in total. The smallest absolute Gasteiger partial charge is 0.311 e. The minimum atomic E-state index is -1.32. The molecule has 3 aliphatic rings. The number of carbonyl (C=O) groups is 3. The van der Waals surface area contributed by atoms with Crippen molar-refractivity contribution in [1.29, 1.82) is 0 Å². The van der Waals surface area contributed by atoms with E-state index in [2.05, 4.69) is 0 Å². The molecular formula is C15H18O5. The van der Waals surface area contributed by atoms with Gasteiger partial charge in [0.05, 0.1) is 16.4 Å². The number of fused-ring (bicyclic) bond motifs is 3. The molecule has 0 aromatic heterocycles. The summed E-state index contributed by atoms with van der Waals surface area (Å²) in [7, 11) is 0. The fourth-order valence-electron chi connectivity index (χ4n) is 4.80. The van der Waals surface area contributed by atoms with Crippen LogP contribution in [-0.2, 0) is 14.4 Å². The van der Waals surface area contributed by atoms with Gasteiger partial charge in [-0.05, 0) is 30.8 Å². The molecule has 0 saturated heterocycles. The lowest BCUT2D eigenvalue weighted by Gasteiger charge is -2.38. The van der Waals surface area contributed by atoms with E-state index in [1.54, 1.807) is 0 Å². The second-order valence-corrected chi connectivity index (χ2v) is 7.35. The zero-order valence-corrected chi connectivity index (χ0v) is 11.5. The van der Waals surface area contributed by atoms with Gasteiger partial charge >= 0.3 is 5.97 Å². The normalized spacial score (nSPS) is 47.8. The Morgan fingerprint density at radius 3 is 2.50 bits per heavy atom. The standard InChI is InChI=1S/C15H18O5/c1-12(2)4-10-14(20,6-12)3-9(5-16)13(8-17)7-15(10,13)11(18)19/h3,5,8,10,20H,4,6-7H2,1-2H3,(H,18,19). The Hall–Kier alpha value is -1.49. The first-order valence-corrected chi connectivity index (χ1v) is 6.78. The first-order valence-electron chi connectivity index (χ1n) is 6.78. The predicted molar refractivity (Wildman–Crippen MR) is 68.8 cm³/mol. The number of aliphatic hydroxyl groups is 1. The van der Waals surface area contributed by atoms with Gasteiger partial charge in [-0.25, -0.2) is 0 Å². The van der Waals surface area contributed by atoms with Crippen molar-refractivity contribution in [2.75, 3.05) is 0 Å². The highest BCUT2D eigenvalue weighted by Crippen LogP contribution is 2.77. The van der Waals surface area contributed by atoms with Crippen molar-refractivity contribution in [1.82, 2.24) is 0 Å². The fraction of sp³-hybridized carbons (Fsp3) is 0.667. The number of allylic oxidation sites excluding steroid dienone is 1. The van der Waals surface area contributed by atoms with Gasteiger partial charge in [-0.15, -0.1) is 0 Å². The number of hydrogen-bond donors (Lipinski definition) is 2. The van der Waals surface area contributed by atoms with Crippen molar-refractivity contribution >= 4 is 18.5 Å². The number of rotatable bonds is 3. The van der Waals surface area contributed by atoms with Crippen molar-refractivity contribution in [3.05, 3.63) is 11.6 Å². The quantitative estimate of drug-likeness (QED) is 0.750. The highest BCUT2D eigenvalue weighted by molar-refractivity contribution is 5.99. The van der Waals surface area contributed by atoms with E-state index in [0.29, 0.717) is 25.4 Å². The second kappa shape index (κ2) is 3.39. The van der Waals surface area contributed by atoms with Gasteiger partial charge in [0.1, 0.15) is 12.6 Å². The van der Waals surface area contributed by atoms with Crippen LogP contribution in [0.15, 0.2) is 11.6 Å². The zero-order valence-electron chi connectivity index (χ0n) is 11.5. The monoisotopic (exact) mass is 278 g/mol. The summed E-state index contributed by atoms with van der Waals surface area (Å²) < 4.78 is 0. The summed E-state index contributed by atoms with van der Waals surface area (Å²) in [6, 6.07) is 0. The van der Waals surface area contributed by atoms with Crippen molar-refractivity contribution in [3.63, 3.8) is 0 Å². The van der Waals surface area contributed by atoms with E-state index >= 15 is 0 Å². The fourth-order valence-corrected chi connectivity index (χ4v) is 4.80. The van der Waals surface area contributed by atoms with E-state index in [-0.39, 0.29) is 17.4 Å². The zero-order chi connectivity index (χ0) is 15.0. The average molecular weight is 278 g/mol. The molecule has 0 radical (unpaired) electrons. The number of aliphatic carboxylic acids is 1. The van der Waals surface area contributed by atoms with Gasteiger partial charge in [0.2, 0.25) is 0 Å². The number of aldehydes is 2. The maximum atomic E-state index is 11.8. The van der Waals surface area contributed by atoms with Crippen molar-refractivity contribution < 1.29 is 24.6 Å². The molecule has 0 bridgehead atoms. The van der Waals surface area contributed by atoms with Crippen LogP contribution in [-0.4, -0.2) is 34.4 Å². The Balaban J connectivity index is 2.23. The summed E-state index contributed by atoms with van der Waals surface area (Å²) in [5.41, 5.74) is -3.94. The molecular weight excluding hydrogens is 260 g/mol. The minimum absolute atomic E-state index is 0.118. The number of carboxylic acid groups (broad SMARTS) is 1. The molecule has 0 aromatic rings. The number of hydrogen-bond acceptors (Lipinski definition) is 4. The van der Waals surface area contributed by atoms with Crippen molar-refractivity contribution in [3.8, 4) is 0 Å². The summed E-state index contributed by atoms with van der Waals surface area (Å²) in [6.45, 7) is 3.94. The Labute approximate surface area is 116 Å². The Morgan fingerprint density at radius 1 is 1.35 bits per heavy atom. The highest BCUT2D eigenvalue weighted by Gasteiger charge is 2.83. The van der Waals surface area contributed by atoms with Gasteiger partial charge in [-0.3, -0.25) is 9.59 Å². The third kappa shape index (κ3) is 1.24. The summed E-state index contributed by atoms with van der Waals surface area (Å²) in [5, 5.41) is 20.5. The Kier molecular flexibility index (Phi) is 2.29. The molecule has 0 aliphatic heterocycles. The third-order valence-corrected chi connectivity index (χ3v) is 5.58. The lowest BCUT2D eigenvalue weighted by Crippen LogP contribution is -2.47. The molecule has 3 rings (SSSR count). The largest absolute Gasteiger partial charge is 0.481 e. The van der Waals surface area contributed by atoms with Crippen molar-refractivity contribution in [2.24, 2.45) is 22.2 Å². The maximum absolute atomic E-state index is 11.8. The summed E-state index contributed by atoms with van der Waals surface area (Å²) in [5.74, 6) is -1.60. The van der Waals surface area contributed by atoms with Crippen LogP contribution in [0.3, 0.4) is 0 Å². The molecule has 2 fully saturated rings. The average Bonchev–Trinajstić information content (AvgIpc) is 2.97. The maximum Gasteiger partial charge on any atom is 0.311 e. The van der Waals surface area contributed by atoms with Crippen LogP contribution in [0, 0.1) is 22.2 Å². The SMILES string of the molecule is CC1(C)CC2C(O)(C=C(C=O)C3(C=O)CC23C(=O)O)C1. The Bertz CT molecular complexity index is 563. The summed E-state index contributed by atoms with van der Waals surface area (Å²) in [4.78, 5) is 34.6. The minimum Gasteiger partial charge on any atom is -0.481 e. The molecule has 0 amide bonds. The van der Waals surface area contributed by atoms with Crippen LogP contribution in [0.4, 0.5) is 0 Å². The molecule has 20 heavy (non-hydrogen) atoms. The molecule has 0 spiro atoms. The molecule has 3 aliphatic carbocycles. The van der Waals surface area contributed by atoms with Crippen LogP contribution >= 0.6 is 0 Å². The Morgan fingerprint density at radius 2 is 2.00 bits per heavy atom. The molecule has 2 saturated carbocycles. The van der Waals surface area contributed by atoms with Crippen LogP contribution in [0.25, 0.3) is 0 Å². The van der Waals surface area contributed by atoms with Gasteiger partial charge in [-0.2, -0.15) is 0 Å². The van der Waals surface area contributed by atoms with Gasteiger partial charge in [0.25, 0.3) is 0 Å². The molecule has 5 heteroatoms. The van der Waals surface area contributed by atoms with Crippen LogP contribution < -0.4 is 0 Å². The third-order valence-electron chi connectivity index (χ3n) is 5.58. The topological polar surface area (TPSA) is 91.7 Å². The van der Waals surface area contributed by atoms with E-state index in [1.165, 1.54) is 6.08 Å². The molecule has 0 aromatic carbocycles. The summed E-state index contributed by atoms with van der Waals surface area (Å²) >= 11 is 0. The molecule has 5 nitrogen and oxygen atoms in total. The van der Waals surface area contributed by atoms with E-state index in [1.807, 2.05) is 13.8 Å². The van der Waals surface area contributed by atoms with E-state index in [4.69, 9.17) is 0 Å². The molecule has 4 unspecified atom stereocenters. The lowest BCUT2D eigenvalue weighted by atomic mass is 9.66. The van der Waals surface area contributed by atoms with E-state index in [0.717, 1.165) is 0 Å². The van der Waals surface area contributed by atoms with Crippen LogP contribution in [0.1, 0.15) is 33.1 Å². The molecule has 4 atom stereocenters. The van der Waals surface area contributed by atoms with E-state index < -0.39 is 28.3 Å². The first kappa shape index (κ1) is 13.5. The van der Waals surface area contributed by atoms with E-state index in [9.17, 15) is 24.6 Å². The predicted octanol–water partition coefficient (Wildman–Crippen LogP) is 0.953. The molecule has 108 valence electrons. The summed E-state index contributed by atoms with van der Waals surface area (Å²) in [6.07, 6.45) is 3.62. The van der Waals surface area contributed by atoms with Gasteiger partial charge < -0.3 is 15.0 Å². The lowest BCUT2D eigenvalue weighted by molar-refractivity contribution is -0.153.